The standard InChI is InChI=1S/C19H23N3O4/c1-25-15-6-4-13(5-7-15)17-16(19(24)22-11-8-14(23)12-22)18(20-26-17)21-9-2-3-10-21/h4-7,14,23H,2-3,8-12H2,1H3/t14-/m1/s1. The van der Waals surface area contributed by atoms with Gasteiger partial charge in [-0.1, -0.05) is 5.16 Å². The van der Waals surface area contributed by atoms with Crippen LogP contribution in [0.1, 0.15) is 29.6 Å². The first kappa shape index (κ1) is 16.9. The predicted molar refractivity (Wildman–Crippen MR) is 96.5 cm³/mol. The van der Waals surface area contributed by atoms with Gasteiger partial charge in [0.1, 0.15) is 11.3 Å². The molecular formula is C19H23N3O4. The van der Waals surface area contributed by atoms with E-state index >= 15 is 0 Å². The van der Waals surface area contributed by atoms with Crippen LogP contribution in [0.15, 0.2) is 28.8 Å². The molecule has 138 valence electrons. The molecule has 1 aromatic carbocycles. The number of nitrogens with zero attached hydrogens (tertiary/aromatic N) is 3. The lowest BCUT2D eigenvalue weighted by molar-refractivity contribution is 0.0766. The van der Waals surface area contributed by atoms with Crippen LogP contribution in [0.3, 0.4) is 0 Å². The Hall–Kier alpha value is -2.54. The van der Waals surface area contributed by atoms with Gasteiger partial charge >= 0.3 is 0 Å². The van der Waals surface area contributed by atoms with E-state index in [1.165, 1.54) is 0 Å². The number of hydrogen-bond acceptors (Lipinski definition) is 6. The highest BCUT2D eigenvalue weighted by molar-refractivity contribution is 6.04. The molecule has 0 radical (unpaired) electrons. The summed E-state index contributed by atoms with van der Waals surface area (Å²) in [4.78, 5) is 17.0. The molecule has 2 fully saturated rings. The van der Waals surface area contributed by atoms with Crippen LogP contribution in [0.25, 0.3) is 11.3 Å². The molecule has 0 spiro atoms. The molecule has 1 N–H and O–H groups in total. The molecule has 0 saturated carbocycles. The fourth-order valence-corrected chi connectivity index (χ4v) is 3.64. The summed E-state index contributed by atoms with van der Waals surface area (Å²) in [7, 11) is 1.61. The normalized spacial score (nSPS) is 20.0. The van der Waals surface area contributed by atoms with Crippen molar-refractivity contribution in [3.05, 3.63) is 29.8 Å². The molecule has 1 atom stereocenters. The third-order valence-electron chi connectivity index (χ3n) is 5.10. The van der Waals surface area contributed by atoms with Crippen LogP contribution in [0.4, 0.5) is 5.82 Å². The van der Waals surface area contributed by atoms with Crippen LogP contribution in [0, 0.1) is 0 Å². The van der Waals surface area contributed by atoms with Crippen molar-refractivity contribution in [3.8, 4) is 17.1 Å². The second-order valence-corrected chi connectivity index (χ2v) is 6.83. The predicted octanol–water partition coefficient (Wildman–Crippen LogP) is 2.16. The first-order valence-electron chi connectivity index (χ1n) is 9.03. The molecule has 2 aliphatic rings. The number of methoxy groups -OCH3 is 1. The average molecular weight is 357 g/mol. The van der Waals surface area contributed by atoms with Gasteiger partial charge in [0.25, 0.3) is 5.91 Å². The molecule has 2 saturated heterocycles. The summed E-state index contributed by atoms with van der Waals surface area (Å²) in [5, 5.41) is 14.1. The summed E-state index contributed by atoms with van der Waals surface area (Å²) in [6, 6.07) is 7.40. The number of ether oxygens (including phenoxy) is 1. The number of hydrogen-bond donors (Lipinski definition) is 1. The van der Waals surface area contributed by atoms with Crippen LogP contribution in [0.2, 0.25) is 0 Å². The molecule has 7 heteroatoms. The number of anilines is 1. The van der Waals surface area contributed by atoms with Crippen LogP contribution in [-0.4, -0.2) is 60.5 Å². The maximum atomic E-state index is 13.2. The lowest BCUT2D eigenvalue weighted by Gasteiger charge is -2.19. The fraction of sp³-hybridized carbons (Fsp3) is 0.474. The molecule has 0 bridgehead atoms. The van der Waals surface area contributed by atoms with E-state index in [9.17, 15) is 9.90 Å². The molecule has 0 unspecified atom stereocenters. The quantitative estimate of drug-likeness (QED) is 0.903. The summed E-state index contributed by atoms with van der Waals surface area (Å²) in [5.74, 6) is 1.69. The van der Waals surface area contributed by atoms with Gasteiger partial charge in [-0.25, -0.2) is 0 Å². The van der Waals surface area contributed by atoms with Gasteiger partial charge < -0.3 is 24.2 Å². The number of benzene rings is 1. The third kappa shape index (κ3) is 3.03. The van der Waals surface area contributed by atoms with Gasteiger partial charge in [-0.05, 0) is 43.5 Å². The maximum Gasteiger partial charge on any atom is 0.261 e. The second-order valence-electron chi connectivity index (χ2n) is 6.83. The number of likely N-dealkylation sites (tertiary alicyclic amines) is 1. The Morgan fingerprint density at radius 1 is 1.23 bits per heavy atom. The highest BCUT2D eigenvalue weighted by Crippen LogP contribution is 2.35. The number of rotatable bonds is 4. The lowest BCUT2D eigenvalue weighted by Crippen LogP contribution is -2.31. The smallest absolute Gasteiger partial charge is 0.261 e. The van der Waals surface area contributed by atoms with E-state index in [2.05, 4.69) is 10.1 Å². The molecule has 26 heavy (non-hydrogen) atoms. The summed E-state index contributed by atoms with van der Waals surface area (Å²) in [6.07, 6.45) is 2.31. The van der Waals surface area contributed by atoms with E-state index < -0.39 is 6.10 Å². The largest absolute Gasteiger partial charge is 0.497 e. The van der Waals surface area contributed by atoms with E-state index in [4.69, 9.17) is 9.26 Å². The SMILES string of the molecule is COc1ccc(-c2onc(N3CCCC3)c2C(=O)N2CC[C@@H](O)C2)cc1. The molecule has 7 nitrogen and oxygen atoms in total. The summed E-state index contributed by atoms with van der Waals surface area (Å²) in [5.41, 5.74) is 1.28. The molecule has 3 heterocycles. The molecule has 2 aromatic rings. The minimum Gasteiger partial charge on any atom is -0.497 e. The minimum atomic E-state index is -0.460. The van der Waals surface area contributed by atoms with Crippen molar-refractivity contribution in [1.82, 2.24) is 10.1 Å². The highest BCUT2D eigenvalue weighted by Gasteiger charge is 2.34. The molecular weight excluding hydrogens is 334 g/mol. The first-order chi connectivity index (χ1) is 12.7. The maximum absolute atomic E-state index is 13.2. The van der Waals surface area contributed by atoms with Crippen molar-refractivity contribution in [3.63, 3.8) is 0 Å². The topological polar surface area (TPSA) is 79.0 Å². The zero-order chi connectivity index (χ0) is 18.1. The number of β-amino-alcohol motifs (C(OH)–C–C–N with tert-alkyl or cyclic N) is 1. The number of aromatic nitrogens is 1. The lowest BCUT2D eigenvalue weighted by atomic mass is 10.1. The van der Waals surface area contributed by atoms with E-state index in [-0.39, 0.29) is 5.91 Å². The van der Waals surface area contributed by atoms with Crippen LogP contribution in [0.5, 0.6) is 5.75 Å². The Balaban J connectivity index is 1.74. The van der Waals surface area contributed by atoms with Crippen LogP contribution < -0.4 is 9.64 Å². The summed E-state index contributed by atoms with van der Waals surface area (Å²) < 4.78 is 10.8. The summed E-state index contributed by atoms with van der Waals surface area (Å²) in [6.45, 7) is 2.65. The molecule has 1 amide bonds. The van der Waals surface area contributed by atoms with Crippen LogP contribution >= 0.6 is 0 Å². The van der Waals surface area contributed by atoms with E-state index in [0.717, 1.165) is 37.2 Å². The Bertz CT molecular complexity index is 781. The second kappa shape index (κ2) is 6.99. The Labute approximate surface area is 152 Å². The molecule has 2 aliphatic heterocycles. The van der Waals surface area contributed by atoms with Crippen LogP contribution in [-0.2, 0) is 0 Å². The van der Waals surface area contributed by atoms with Crippen molar-refractivity contribution in [1.29, 1.82) is 0 Å². The first-order valence-corrected chi connectivity index (χ1v) is 9.03. The molecule has 4 rings (SSSR count). The van der Waals surface area contributed by atoms with Gasteiger partial charge in [0.15, 0.2) is 11.6 Å². The fourth-order valence-electron chi connectivity index (χ4n) is 3.64. The van der Waals surface area contributed by atoms with Crippen molar-refractivity contribution in [2.24, 2.45) is 0 Å². The number of aliphatic hydroxyl groups is 1. The zero-order valence-electron chi connectivity index (χ0n) is 14.9. The number of aliphatic hydroxyl groups excluding tert-OH is 1. The minimum absolute atomic E-state index is 0.129. The third-order valence-corrected chi connectivity index (χ3v) is 5.10. The molecule has 0 aliphatic carbocycles. The Kier molecular flexibility index (Phi) is 4.55. The van der Waals surface area contributed by atoms with E-state index in [1.54, 1.807) is 12.0 Å². The van der Waals surface area contributed by atoms with Gasteiger partial charge in [-0.2, -0.15) is 0 Å². The van der Waals surface area contributed by atoms with Crippen molar-refractivity contribution in [2.45, 2.75) is 25.4 Å². The highest BCUT2D eigenvalue weighted by atomic mass is 16.5. The summed E-state index contributed by atoms with van der Waals surface area (Å²) >= 11 is 0. The zero-order valence-corrected chi connectivity index (χ0v) is 14.9. The average Bonchev–Trinajstić information content (AvgIpc) is 3.41. The Morgan fingerprint density at radius 2 is 1.96 bits per heavy atom. The number of carbonyl (C=O) groups excluding carboxylic acids is 1. The van der Waals surface area contributed by atoms with Gasteiger partial charge in [-0.15, -0.1) is 0 Å². The van der Waals surface area contributed by atoms with Gasteiger partial charge in [0.05, 0.1) is 13.2 Å². The number of amides is 1. The van der Waals surface area contributed by atoms with Gasteiger partial charge in [-0.3, -0.25) is 4.79 Å². The Morgan fingerprint density at radius 3 is 2.58 bits per heavy atom. The van der Waals surface area contributed by atoms with Crippen molar-refractivity contribution in [2.75, 3.05) is 38.2 Å². The monoisotopic (exact) mass is 357 g/mol. The van der Waals surface area contributed by atoms with Gasteiger partial charge in [0.2, 0.25) is 0 Å². The van der Waals surface area contributed by atoms with Crippen molar-refractivity contribution >= 4 is 11.7 Å². The molecule has 1 aromatic heterocycles. The van der Waals surface area contributed by atoms with E-state index in [1.807, 2.05) is 24.3 Å². The number of carbonyl (C=O) groups is 1. The van der Waals surface area contributed by atoms with Gasteiger partial charge in [0, 0.05) is 31.7 Å². The van der Waals surface area contributed by atoms with Crippen molar-refractivity contribution < 1.29 is 19.2 Å². The van der Waals surface area contributed by atoms with E-state index in [0.29, 0.717) is 36.7 Å².